The lowest BCUT2D eigenvalue weighted by Crippen LogP contribution is -2.52. The van der Waals surface area contributed by atoms with Crippen LogP contribution in [0.2, 0.25) is 0 Å². The molecule has 0 unspecified atom stereocenters. The highest BCUT2D eigenvalue weighted by atomic mass is 19.1. The molecular weight excluding hydrogens is 656 g/mol. The zero-order valence-electron chi connectivity index (χ0n) is 30.2. The Kier molecular flexibility index (Phi) is 13.1. The minimum atomic E-state index is -0.824. The van der Waals surface area contributed by atoms with Crippen molar-refractivity contribution >= 4 is 22.5 Å². The zero-order valence-corrected chi connectivity index (χ0v) is 30.2. The fourth-order valence-electron chi connectivity index (χ4n) is 6.56. The molecular formula is C40H50F2N3O6+. The number of nitrogens with zero attached hydrogens (tertiary/aromatic N) is 3. The summed E-state index contributed by atoms with van der Waals surface area (Å²) < 4.78 is 54.5. The number of benzene rings is 3. The fourth-order valence-corrected chi connectivity index (χ4v) is 6.56. The Morgan fingerprint density at radius 3 is 2.12 bits per heavy atom. The number of ether oxygens (including phenoxy) is 4. The second-order valence-electron chi connectivity index (χ2n) is 13.1. The van der Waals surface area contributed by atoms with E-state index < -0.39 is 23.0 Å². The lowest BCUT2D eigenvalue weighted by Gasteiger charge is -2.37. The summed E-state index contributed by atoms with van der Waals surface area (Å²) in [5.74, 6) is -0.634. The molecule has 11 heteroatoms. The molecule has 4 aromatic rings. The number of halogens is 2. The van der Waals surface area contributed by atoms with Gasteiger partial charge in [-0.3, -0.25) is 9.59 Å². The van der Waals surface area contributed by atoms with Crippen LogP contribution in [0.25, 0.3) is 16.6 Å². The number of amides is 1. The normalized spacial score (nSPS) is 14.0. The minimum Gasteiger partial charge on any atom is -0.494 e. The molecule has 1 amide bonds. The highest BCUT2D eigenvalue weighted by Crippen LogP contribution is 2.30. The molecule has 1 saturated heterocycles. The highest BCUT2D eigenvalue weighted by Gasteiger charge is 2.25. The molecule has 51 heavy (non-hydrogen) atoms. The largest absolute Gasteiger partial charge is 0.494 e. The van der Waals surface area contributed by atoms with Crippen LogP contribution in [0.3, 0.4) is 0 Å². The number of unbranched alkanes of at least 4 members (excludes halogenated alkanes) is 4. The summed E-state index contributed by atoms with van der Waals surface area (Å²) in [6.45, 7) is 11.9. The van der Waals surface area contributed by atoms with Gasteiger partial charge in [0.1, 0.15) is 47.5 Å². The molecule has 1 fully saturated rings. The van der Waals surface area contributed by atoms with Crippen LogP contribution in [-0.2, 0) is 4.74 Å². The number of morpholine rings is 1. The first-order chi connectivity index (χ1) is 24.6. The third kappa shape index (κ3) is 9.65. The molecule has 0 radical (unpaired) electrons. The van der Waals surface area contributed by atoms with Crippen LogP contribution >= 0.6 is 0 Å². The van der Waals surface area contributed by atoms with Gasteiger partial charge >= 0.3 is 0 Å². The van der Waals surface area contributed by atoms with Crippen LogP contribution < -0.4 is 24.5 Å². The maximum Gasteiger partial charge on any atom is 0.263 e. The summed E-state index contributed by atoms with van der Waals surface area (Å²) >= 11 is 0. The molecule has 0 atom stereocenters. The summed E-state index contributed by atoms with van der Waals surface area (Å²) in [6.07, 6.45) is 6.96. The first kappa shape index (κ1) is 37.8. The van der Waals surface area contributed by atoms with Gasteiger partial charge in [0.15, 0.2) is 0 Å². The van der Waals surface area contributed by atoms with Crippen LogP contribution in [0.4, 0.5) is 14.5 Å². The van der Waals surface area contributed by atoms with Gasteiger partial charge in [0.2, 0.25) is 5.43 Å². The summed E-state index contributed by atoms with van der Waals surface area (Å²) in [6, 6.07) is 13.5. The number of aromatic nitrogens is 1. The molecule has 2 heterocycles. The van der Waals surface area contributed by atoms with Gasteiger partial charge in [-0.25, -0.2) is 8.78 Å². The number of pyridine rings is 1. The third-order valence-corrected chi connectivity index (χ3v) is 9.35. The molecule has 1 aromatic heterocycles. The Labute approximate surface area is 298 Å². The van der Waals surface area contributed by atoms with Gasteiger partial charge in [-0.2, -0.15) is 0 Å². The van der Waals surface area contributed by atoms with Gasteiger partial charge in [-0.1, -0.05) is 12.8 Å². The Morgan fingerprint density at radius 2 is 1.47 bits per heavy atom. The van der Waals surface area contributed by atoms with Gasteiger partial charge in [-0.05, 0) is 64.3 Å². The third-order valence-electron chi connectivity index (χ3n) is 9.35. The molecule has 274 valence electrons. The predicted molar refractivity (Wildman–Crippen MR) is 196 cm³/mol. The number of carbonyl (C=O) groups excluding carboxylic acids is 1. The maximum atomic E-state index is 14.2. The lowest BCUT2D eigenvalue weighted by atomic mass is 10.1. The minimum absolute atomic E-state index is 0.0135. The summed E-state index contributed by atoms with van der Waals surface area (Å²) in [7, 11) is 2.32. The van der Waals surface area contributed by atoms with Gasteiger partial charge in [0, 0.05) is 54.1 Å². The van der Waals surface area contributed by atoms with Crippen LogP contribution in [0.15, 0.2) is 65.6 Å². The van der Waals surface area contributed by atoms with E-state index in [1.165, 1.54) is 30.5 Å². The van der Waals surface area contributed by atoms with E-state index in [-0.39, 0.29) is 23.2 Å². The number of hydrogen-bond acceptors (Lipinski definition) is 6. The predicted octanol–water partition coefficient (Wildman–Crippen LogP) is 7.54. The lowest BCUT2D eigenvalue weighted by molar-refractivity contribution is -0.917. The van der Waals surface area contributed by atoms with E-state index in [9.17, 15) is 18.4 Å². The zero-order chi connectivity index (χ0) is 36.4. The van der Waals surface area contributed by atoms with Crippen molar-refractivity contribution in [2.45, 2.75) is 52.9 Å². The number of rotatable bonds is 17. The Morgan fingerprint density at radius 1 is 0.824 bits per heavy atom. The van der Waals surface area contributed by atoms with E-state index in [0.717, 1.165) is 68.2 Å². The molecule has 5 rings (SSSR count). The molecule has 3 aromatic carbocycles. The number of quaternary nitrogens is 1. The van der Waals surface area contributed by atoms with Crippen molar-refractivity contribution in [1.82, 2.24) is 4.57 Å². The van der Waals surface area contributed by atoms with Crippen molar-refractivity contribution in [2.75, 3.05) is 71.2 Å². The first-order valence-corrected chi connectivity index (χ1v) is 18.1. The molecule has 0 spiro atoms. The standard InChI is InChI=1S/C40H50F2N3O6/c1-5-43(31-22-29(41)21-30(42)23-31)40(47)37-28-44(32-24-34(49-6-2)26-35(25-32)50-7-3)38-27-33(13-14-36(38)39(37)46)51-18-12-10-8-9-11-15-45(4)16-19-48-20-17-45/h13-14,21-28H,5-12,15-20H2,1-4H3/q+1. The number of fused-ring (bicyclic) bond motifs is 1. The average molecular weight is 707 g/mol. The van der Waals surface area contributed by atoms with Gasteiger partial charge in [-0.15, -0.1) is 0 Å². The van der Waals surface area contributed by atoms with Crippen LogP contribution in [0, 0.1) is 11.6 Å². The van der Waals surface area contributed by atoms with E-state index in [0.29, 0.717) is 48.3 Å². The number of carbonyl (C=O) groups is 1. The highest BCUT2D eigenvalue weighted by molar-refractivity contribution is 6.07. The Hall–Kier alpha value is -4.48. The SMILES string of the molecule is CCOc1cc(OCC)cc(-n2cc(C(=O)N(CC)c3cc(F)cc(F)c3)c(=O)c3ccc(OCCCCCCC[N+]4(C)CCOCC4)cc32)c1. The summed E-state index contributed by atoms with van der Waals surface area (Å²) in [5.41, 5.74) is 0.456. The average Bonchev–Trinajstić information content (AvgIpc) is 3.10. The second kappa shape index (κ2) is 17.6. The molecule has 0 saturated carbocycles. The molecule has 0 bridgehead atoms. The number of anilines is 1. The quantitative estimate of drug-likeness (QED) is 0.0835. The van der Waals surface area contributed by atoms with Crippen LogP contribution in [0.1, 0.15) is 63.2 Å². The van der Waals surface area contributed by atoms with Gasteiger partial charge in [0.25, 0.3) is 5.91 Å². The van der Waals surface area contributed by atoms with Crippen molar-refractivity contribution in [3.63, 3.8) is 0 Å². The van der Waals surface area contributed by atoms with E-state index in [4.69, 9.17) is 18.9 Å². The van der Waals surface area contributed by atoms with E-state index in [1.807, 2.05) is 13.8 Å². The Bertz CT molecular complexity index is 1810. The molecule has 9 nitrogen and oxygen atoms in total. The summed E-state index contributed by atoms with van der Waals surface area (Å²) in [4.78, 5) is 29.2. The van der Waals surface area contributed by atoms with Crippen molar-refractivity contribution < 1.29 is 37.0 Å². The van der Waals surface area contributed by atoms with Crippen LogP contribution in [-0.4, -0.2) is 81.2 Å². The first-order valence-electron chi connectivity index (χ1n) is 18.1. The van der Waals surface area contributed by atoms with Gasteiger partial charge < -0.3 is 32.9 Å². The maximum absolute atomic E-state index is 14.2. The van der Waals surface area contributed by atoms with Crippen molar-refractivity contribution in [1.29, 1.82) is 0 Å². The number of likely N-dealkylation sites (N-methyl/N-ethyl adjacent to an activating group) is 1. The molecule has 1 aliphatic heterocycles. The van der Waals surface area contributed by atoms with Gasteiger partial charge in [0.05, 0.1) is 57.8 Å². The Balaban J connectivity index is 1.41. The molecule has 1 aliphatic rings. The monoisotopic (exact) mass is 706 g/mol. The number of hydrogen-bond donors (Lipinski definition) is 0. The second-order valence-corrected chi connectivity index (χ2v) is 13.1. The van der Waals surface area contributed by atoms with E-state index in [1.54, 1.807) is 47.9 Å². The molecule has 0 N–H and O–H groups in total. The van der Waals surface area contributed by atoms with Crippen molar-refractivity contribution in [3.8, 4) is 22.9 Å². The van der Waals surface area contributed by atoms with Crippen molar-refractivity contribution in [3.05, 3.63) is 88.2 Å². The smallest absolute Gasteiger partial charge is 0.263 e. The summed E-state index contributed by atoms with van der Waals surface area (Å²) in [5, 5.41) is 0.283. The van der Waals surface area contributed by atoms with Crippen LogP contribution in [0.5, 0.6) is 17.2 Å². The van der Waals surface area contributed by atoms with Crippen molar-refractivity contribution in [2.24, 2.45) is 0 Å². The van der Waals surface area contributed by atoms with E-state index >= 15 is 0 Å². The molecule has 0 aliphatic carbocycles. The van der Waals surface area contributed by atoms with E-state index in [2.05, 4.69) is 7.05 Å². The topological polar surface area (TPSA) is 79.2 Å². The fraction of sp³-hybridized carbons (Fsp3) is 0.450.